The summed E-state index contributed by atoms with van der Waals surface area (Å²) in [7, 11) is 0. The molecule has 0 amide bonds. The van der Waals surface area contributed by atoms with Crippen LogP contribution in [0.25, 0.3) is 0 Å². The van der Waals surface area contributed by atoms with Gasteiger partial charge < -0.3 is 10.4 Å². The van der Waals surface area contributed by atoms with Crippen LogP contribution in [-0.2, 0) is 0 Å². The highest BCUT2D eigenvalue weighted by atomic mass is 16.3. The molecule has 4 aliphatic rings. The van der Waals surface area contributed by atoms with E-state index < -0.39 is 0 Å². The summed E-state index contributed by atoms with van der Waals surface area (Å²) in [6, 6.07) is 0. The first-order valence-electron chi connectivity index (χ1n) is 10.4. The van der Waals surface area contributed by atoms with Crippen LogP contribution in [0.2, 0.25) is 0 Å². The van der Waals surface area contributed by atoms with Crippen molar-refractivity contribution in [2.75, 3.05) is 13.1 Å². The van der Waals surface area contributed by atoms with Crippen LogP contribution in [0.4, 0.5) is 0 Å². The van der Waals surface area contributed by atoms with Crippen LogP contribution in [0.15, 0.2) is 0 Å². The number of hydrogen-bond acceptors (Lipinski definition) is 2. The maximum absolute atomic E-state index is 10.5. The van der Waals surface area contributed by atoms with Crippen molar-refractivity contribution in [2.45, 2.75) is 85.2 Å². The maximum Gasteiger partial charge on any atom is 0.0596 e. The molecule has 2 N–H and O–H groups in total. The van der Waals surface area contributed by atoms with Gasteiger partial charge in [0.05, 0.1) is 6.10 Å². The van der Waals surface area contributed by atoms with Gasteiger partial charge in [-0.15, -0.1) is 0 Å². The minimum absolute atomic E-state index is 0.0234. The third kappa shape index (κ3) is 2.68. The van der Waals surface area contributed by atoms with Crippen LogP contribution in [0.5, 0.6) is 0 Å². The lowest BCUT2D eigenvalue weighted by Crippen LogP contribution is -2.53. The van der Waals surface area contributed by atoms with E-state index in [2.05, 4.69) is 19.2 Å². The molecule has 2 nitrogen and oxygen atoms in total. The zero-order valence-corrected chi connectivity index (χ0v) is 15.9. The third-order valence-corrected chi connectivity index (χ3v) is 8.47. The van der Waals surface area contributed by atoms with Crippen LogP contribution in [0.1, 0.15) is 79.1 Å². The Kier molecular flexibility index (Phi) is 5.14. The molecule has 2 heteroatoms. The maximum atomic E-state index is 10.5. The van der Waals surface area contributed by atoms with Crippen molar-refractivity contribution >= 4 is 0 Å². The molecule has 7 unspecified atom stereocenters. The van der Waals surface area contributed by atoms with E-state index in [0.29, 0.717) is 5.41 Å². The fraction of sp³-hybridized carbons (Fsp3) is 1.00. The Morgan fingerprint density at radius 1 is 0.870 bits per heavy atom. The molecule has 134 valence electrons. The smallest absolute Gasteiger partial charge is 0.0596 e. The summed E-state index contributed by atoms with van der Waals surface area (Å²) in [5, 5.41) is 14.2. The highest BCUT2D eigenvalue weighted by molar-refractivity contribution is 5.08. The molecule has 0 bridgehead atoms. The molecule has 7 atom stereocenters. The number of fused-ring (bicyclic) bond motifs is 5. The van der Waals surface area contributed by atoms with Crippen molar-refractivity contribution < 1.29 is 5.11 Å². The second-order valence-electron chi connectivity index (χ2n) is 9.10. The average Bonchev–Trinajstić information content (AvgIpc) is 2.74. The van der Waals surface area contributed by atoms with Gasteiger partial charge in [-0.25, -0.2) is 0 Å². The van der Waals surface area contributed by atoms with Crippen LogP contribution in [0.3, 0.4) is 0 Å². The molecule has 4 rings (SSSR count). The summed E-state index contributed by atoms with van der Waals surface area (Å²) in [4.78, 5) is 0. The van der Waals surface area contributed by atoms with Crippen LogP contribution in [0, 0.1) is 34.5 Å². The highest BCUT2D eigenvalue weighted by Gasteiger charge is 2.59. The number of hydrogen-bond donors (Lipinski definition) is 2. The van der Waals surface area contributed by atoms with E-state index in [-0.39, 0.29) is 11.5 Å². The van der Waals surface area contributed by atoms with Crippen molar-refractivity contribution in [1.82, 2.24) is 5.32 Å². The molecule has 0 aromatic heterocycles. The minimum atomic E-state index is -0.0234. The normalized spacial score (nSPS) is 52.3. The molecular weight excluding hydrogens is 282 g/mol. The van der Waals surface area contributed by atoms with Gasteiger partial charge in [0.15, 0.2) is 0 Å². The number of aliphatic hydroxyl groups is 1. The lowest BCUT2D eigenvalue weighted by Gasteiger charge is -2.58. The van der Waals surface area contributed by atoms with Crippen molar-refractivity contribution in [1.29, 1.82) is 0 Å². The van der Waals surface area contributed by atoms with Crippen molar-refractivity contribution in [2.24, 2.45) is 34.5 Å². The summed E-state index contributed by atoms with van der Waals surface area (Å²) >= 11 is 0. The van der Waals surface area contributed by atoms with Crippen molar-refractivity contribution in [3.05, 3.63) is 0 Å². The first-order valence-corrected chi connectivity index (χ1v) is 10.4. The monoisotopic (exact) mass is 321 g/mol. The molecule has 0 spiro atoms. The Morgan fingerprint density at radius 2 is 1.61 bits per heavy atom. The van der Waals surface area contributed by atoms with Crippen LogP contribution >= 0.6 is 0 Å². The van der Waals surface area contributed by atoms with Gasteiger partial charge in [-0.05, 0) is 99.0 Å². The average molecular weight is 322 g/mol. The Hall–Kier alpha value is -0.0800. The van der Waals surface area contributed by atoms with Crippen LogP contribution in [-0.4, -0.2) is 24.3 Å². The van der Waals surface area contributed by atoms with E-state index in [1.54, 1.807) is 0 Å². The van der Waals surface area contributed by atoms with Crippen molar-refractivity contribution in [3.63, 3.8) is 0 Å². The predicted octanol–water partition coefficient (Wildman–Crippen LogP) is 4.62. The quantitative estimate of drug-likeness (QED) is 0.682. The molecule has 3 saturated carbocycles. The topological polar surface area (TPSA) is 32.3 Å². The summed E-state index contributed by atoms with van der Waals surface area (Å²) in [5.74, 6) is 3.54. The zero-order valence-electron chi connectivity index (χ0n) is 15.9. The zero-order chi connectivity index (χ0) is 16.7. The van der Waals surface area contributed by atoms with Gasteiger partial charge in [-0.3, -0.25) is 0 Å². The fourth-order valence-electron chi connectivity index (χ4n) is 7.10. The molecular formula is C21H39NO. The summed E-state index contributed by atoms with van der Waals surface area (Å²) in [6.45, 7) is 11.5. The summed E-state index contributed by atoms with van der Waals surface area (Å²) in [5.41, 5.74) is 0.814. The minimum Gasteiger partial charge on any atom is -0.393 e. The molecule has 1 aliphatic heterocycles. The molecule has 0 radical (unpaired) electrons. The number of rotatable bonds is 0. The van der Waals surface area contributed by atoms with Crippen molar-refractivity contribution in [3.8, 4) is 0 Å². The SMILES string of the molecule is CC.CC12CCC3C(CCC4CNCCCC43C)C1CCC2O. The first-order chi connectivity index (χ1) is 11.1. The molecule has 0 aromatic carbocycles. The van der Waals surface area contributed by atoms with Gasteiger partial charge in [0, 0.05) is 0 Å². The molecule has 1 heterocycles. The number of nitrogens with one attached hydrogen (secondary N) is 1. The van der Waals surface area contributed by atoms with Crippen LogP contribution < -0.4 is 5.32 Å². The lowest BCUT2D eigenvalue weighted by molar-refractivity contribution is -0.108. The summed E-state index contributed by atoms with van der Waals surface area (Å²) < 4.78 is 0. The fourth-order valence-corrected chi connectivity index (χ4v) is 7.10. The van der Waals surface area contributed by atoms with Gasteiger partial charge in [-0.2, -0.15) is 0 Å². The molecule has 1 saturated heterocycles. The second kappa shape index (κ2) is 6.67. The number of aliphatic hydroxyl groups excluding tert-OH is 1. The first kappa shape index (κ1) is 17.7. The standard InChI is InChI=1S/C19H33NO.C2H6/c1-18-9-3-11-20-12-13(18)4-5-14-15-6-7-17(21)19(15,2)10-8-16(14)18;1-2/h13-17,20-21H,3-12H2,1-2H3;1-2H3. The summed E-state index contributed by atoms with van der Waals surface area (Å²) in [6.07, 6.45) is 10.6. The van der Waals surface area contributed by atoms with E-state index in [1.807, 2.05) is 13.8 Å². The Labute approximate surface area is 143 Å². The van der Waals surface area contributed by atoms with E-state index in [1.165, 1.54) is 58.0 Å². The van der Waals surface area contributed by atoms with E-state index in [0.717, 1.165) is 30.1 Å². The van der Waals surface area contributed by atoms with E-state index >= 15 is 0 Å². The molecule has 4 fully saturated rings. The Balaban J connectivity index is 0.000000753. The van der Waals surface area contributed by atoms with E-state index in [9.17, 15) is 5.11 Å². The molecule has 3 aliphatic carbocycles. The van der Waals surface area contributed by atoms with Gasteiger partial charge in [0.1, 0.15) is 0 Å². The highest BCUT2D eigenvalue weighted by Crippen LogP contribution is 2.64. The second-order valence-corrected chi connectivity index (χ2v) is 9.10. The molecule has 0 aromatic rings. The Bertz CT molecular complexity index is 411. The predicted molar refractivity (Wildman–Crippen MR) is 97.3 cm³/mol. The largest absolute Gasteiger partial charge is 0.393 e. The van der Waals surface area contributed by atoms with Gasteiger partial charge in [0.25, 0.3) is 0 Å². The molecule has 23 heavy (non-hydrogen) atoms. The lowest BCUT2D eigenvalue weighted by atomic mass is 9.47. The Morgan fingerprint density at radius 3 is 2.39 bits per heavy atom. The van der Waals surface area contributed by atoms with E-state index in [4.69, 9.17) is 0 Å². The van der Waals surface area contributed by atoms with Gasteiger partial charge in [-0.1, -0.05) is 27.7 Å². The van der Waals surface area contributed by atoms with Gasteiger partial charge in [0.2, 0.25) is 0 Å². The van der Waals surface area contributed by atoms with Gasteiger partial charge >= 0.3 is 0 Å². The third-order valence-electron chi connectivity index (χ3n) is 8.47.